The average Bonchev–Trinajstić information content (AvgIpc) is 2.84. The lowest BCUT2D eigenvalue weighted by molar-refractivity contribution is -0.200. The summed E-state index contributed by atoms with van der Waals surface area (Å²) in [6.45, 7) is 14.7. The molecule has 4 fully saturated rings. The Morgan fingerprint density at radius 1 is 0.900 bits per heavy atom. The second-order valence-corrected chi connectivity index (χ2v) is 16.0. The van der Waals surface area contributed by atoms with E-state index in [0.29, 0.717) is 19.3 Å². The molecule has 5 aliphatic carbocycles. The molecule has 0 heterocycles. The van der Waals surface area contributed by atoms with Crippen molar-refractivity contribution in [3.63, 3.8) is 0 Å². The first kappa shape index (κ1) is 29.3. The van der Waals surface area contributed by atoms with Crippen LogP contribution in [0.1, 0.15) is 106 Å². The second kappa shape index (κ2) is 8.91. The third-order valence-electron chi connectivity index (χ3n) is 13.7. The van der Waals surface area contributed by atoms with Gasteiger partial charge in [0.05, 0.1) is 11.3 Å². The fourth-order valence-corrected chi connectivity index (χ4v) is 11.0. The Labute approximate surface area is 238 Å². The molecule has 222 valence electrons. The van der Waals surface area contributed by atoms with Gasteiger partial charge in [-0.05, 0) is 110 Å². The van der Waals surface area contributed by atoms with Crippen molar-refractivity contribution >= 4 is 23.7 Å². The van der Waals surface area contributed by atoms with Crippen LogP contribution in [-0.4, -0.2) is 40.5 Å². The largest absolute Gasteiger partial charge is 0.481 e. The molecular weight excluding hydrogens is 508 g/mol. The summed E-state index contributed by atoms with van der Waals surface area (Å²) in [6, 6.07) is 0. The minimum Gasteiger partial charge on any atom is -0.481 e. The Morgan fingerprint density at radius 2 is 1.55 bits per heavy atom. The van der Waals surface area contributed by atoms with Gasteiger partial charge in [0, 0.05) is 5.92 Å². The number of esters is 1. The van der Waals surface area contributed by atoms with Crippen LogP contribution in [0.2, 0.25) is 0 Å². The fourth-order valence-electron chi connectivity index (χ4n) is 11.0. The SMILES string of the molecule is CC1(C)[C@@H](C(=O)OCC(=O)O)CC[C@]2(C)[C@H]3C(=O)C=C4C5C[C@@](C)(C(=O)O)CC[C@]5(C)CC[C@@]4(C)[C@]3(C)CC[C@@H]12. The number of fused-ring (bicyclic) bond motifs is 7. The number of carboxylic acid groups (broad SMARTS) is 2. The first-order valence-corrected chi connectivity index (χ1v) is 15.2. The lowest BCUT2D eigenvalue weighted by Gasteiger charge is -2.70. The van der Waals surface area contributed by atoms with Gasteiger partial charge in [-0.2, -0.15) is 0 Å². The van der Waals surface area contributed by atoms with E-state index in [0.717, 1.165) is 38.5 Å². The molecule has 0 radical (unpaired) electrons. The molecule has 0 aromatic rings. The summed E-state index contributed by atoms with van der Waals surface area (Å²) in [4.78, 5) is 50.8. The van der Waals surface area contributed by atoms with Crippen molar-refractivity contribution in [2.24, 2.45) is 56.2 Å². The molecule has 9 atom stereocenters. The summed E-state index contributed by atoms with van der Waals surface area (Å²) in [6.07, 6.45) is 9.19. The first-order valence-electron chi connectivity index (χ1n) is 15.2. The van der Waals surface area contributed by atoms with Crippen LogP contribution in [-0.2, 0) is 23.9 Å². The summed E-state index contributed by atoms with van der Waals surface area (Å²) >= 11 is 0. The average molecular weight is 557 g/mol. The number of ether oxygens (including phenoxy) is 1. The smallest absolute Gasteiger partial charge is 0.341 e. The molecule has 0 spiro atoms. The number of allylic oxidation sites excluding steroid dienone is 2. The molecule has 0 aromatic heterocycles. The van der Waals surface area contributed by atoms with Crippen LogP contribution in [0.15, 0.2) is 11.6 Å². The number of carbonyl (C=O) groups excluding carboxylic acids is 2. The molecule has 7 heteroatoms. The van der Waals surface area contributed by atoms with Gasteiger partial charge < -0.3 is 14.9 Å². The minimum absolute atomic E-state index is 0.0151. The second-order valence-electron chi connectivity index (χ2n) is 16.0. The molecule has 5 aliphatic rings. The van der Waals surface area contributed by atoms with Gasteiger partial charge in [0.15, 0.2) is 12.4 Å². The van der Waals surface area contributed by atoms with Gasteiger partial charge in [0.25, 0.3) is 0 Å². The van der Waals surface area contributed by atoms with Crippen LogP contribution in [0.5, 0.6) is 0 Å². The fraction of sp³-hybridized carbons (Fsp3) is 0.818. The Bertz CT molecular complexity index is 1190. The van der Waals surface area contributed by atoms with Gasteiger partial charge >= 0.3 is 17.9 Å². The van der Waals surface area contributed by atoms with E-state index in [4.69, 9.17) is 9.84 Å². The number of aliphatic carboxylic acids is 2. The molecular formula is C33H48O7. The van der Waals surface area contributed by atoms with Crippen LogP contribution in [0.3, 0.4) is 0 Å². The number of hydrogen-bond acceptors (Lipinski definition) is 5. The zero-order valence-corrected chi connectivity index (χ0v) is 25.4. The minimum atomic E-state index is -1.16. The Kier molecular flexibility index (Phi) is 6.53. The van der Waals surface area contributed by atoms with Crippen LogP contribution >= 0.6 is 0 Å². The number of ketones is 1. The van der Waals surface area contributed by atoms with E-state index < -0.39 is 41.3 Å². The molecule has 40 heavy (non-hydrogen) atoms. The van der Waals surface area contributed by atoms with Crippen molar-refractivity contribution in [2.75, 3.05) is 6.61 Å². The van der Waals surface area contributed by atoms with Gasteiger partial charge in [-0.1, -0.05) is 47.1 Å². The highest BCUT2D eigenvalue weighted by Crippen LogP contribution is 2.75. The van der Waals surface area contributed by atoms with E-state index in [1.807, 2.05) is 13.0 Å². The topological polar surface area (TPSA) is 118 Å². The van der Waals surface area contributed by atoms with E-state index in [1.165, 1.54) is 5.57 Å². The zero-order valence-electron chi connectivity index (χ0n) is 25.4. The lowest BCUT2D eigenvalue weighted by Crippen LogP contribution is -2.66. The summed E-state index contributed by atoms with van der Waals surface area (Å²) < 4.78 is 5.16. The number of rotatable bonds is 4. The summed E-state index contributed by atoms with van der Waals surface area (Å²) in [5.41, 5.74) is -0.749. The van der Waals surface area contributed by atoms with Crippen molar-refractivity contribution in [2.45, 2.75) is 106 Å². The van der Waals surface area contributed by atoms with Crippen LogP contribution in [0, 0.1) is 56.2 Å². The summed E-state index contributed by atoms with van der Waals surface area (Å²) in [7, 11) is 0. The molecule has 7 nitrogen and oxygen atoms in total. The standard InChI is InChI=1S/C33H48O7/c1-28(2)19(26(37)40-18-24(35)36)8-10-31(5)23(28)9-11-33(7)25(31)22(34)16-20-21-17-30(4,27(38)39)13-12-29(21,3)14-15-32(20,33)6/h16,19,21,23,25H,8-15,17-18H2,1-7H3,(H,35,36)(H,38,39)/t19-,21?,23+,25-,29-,30+,31+,32-,33-/m1/s1. The van der Waals surface area contributed by atoms with Gasteiger partial charge in [-0.3, -0.25) is 14.4 Å². The summed E-state index contributed by atoms with van der Waals surface area (Å²) in [5, 5.41) is 19.1. The zero-order chi connectivity index (χ0) is 29.7. The highest BCUT2D eigenvalue weighted by molar-refractivity contribution is 5.96. The highest BCUT2D eigenvalue weighted by atomic mass is 16.5. The molecule has 2 N–H and O–H groups in total. The number of carboxylic acids is 2. The Morgan fingerprint density at radius 3 is 2.17 bits per heavy atom. The predicted octanol–water partition coefficient (Wildman–Crippen LogP) is 6.30. The van der Waals surface area contributed by atoms with Gasteiger partial charge in [-0.15, -0.1) is 0 Å². The van der Waals surface area contributed by atoms with E-state index in [2.05, 4.69) is 41.5 Å². The van der Waals surface area contributed by atoms with E-state index in [9.17, 15) is 24.3 Å². The predicted molar refractivity (Wildman–Crippen MR) is 149 cm³/mol. The van der Waals surface area contributed by atoms with E-state index >= 15 is 0 Å². The van der Waals surface area contributed by atoms with Gasteiger partial charge in [0.2, 0.25) is 0 Å². The van der Waals surface area contributed by atoms with Crippen molar-refractivity contribution in [1.29, 1.82) is 0 Å². The Balaban J connectivity index is 1.53. The van der Waals surface area contributed by atoms with Gasteiger partial charge in [-0.25, -0.2) is 4.79 Å². The maximum atomic E-state index is 14.4. The highest BCUT2D eigenvalue weighted by Gasteiger charge is 2.70. The quantitative estimate of drug-likeness (QED) is 0.390. The molecule has 0 aliphatic heterocycles. The van der Waals surface area contributed by atoms with Gasteiger partial charge in [0.1, 0.15) is 0 Å². The lowest BCUT2D eigenvalue weighted by atomic mass is 9.33. The van der Waals surface area contributed by atoms with E-state index in [1.54, 1.807) is 0 Å². The number of hydrogen-bond donors (Lipinski definition) is 2. The Hall–Kier alpha value is -2.18. The number of carbonyl (C=O) groups is 4. The normalized spacial score (nSPS) is 47.5. The molecule has 0 aromatic carbocycles. The van der Waals surface area contributed by atoms with Crippen molar-refractivity contribution < 1.29 is 34.1 Å². The maximum Gasteiger partial charge on any atom is 0.341 e. The van der Waals surface area contributed by atoms with Crippen molar-refractivity contribution in [3.8, 4) is 0 Å². The maximum absolute atomic E-state index is 14.4. The first-order chi connectivity index (χ1) is 18.4. The van der Waals surface area contributed by atoms with E-state index in [-0.39, 0.29) is 45.2 Å². The molecule has 0 saturated heterocycles. The van der Waals surface area contributed by atoms with Crippen LogP contribution in [0.25, 0.3) is 0 Å². The third kappa shape index (κ3) is 3.81. The molecule has 1 unspecified atom stereocenters. The van der Waals surface area contributed by atoms with Crippen LogP contribution in [0.4, 0.5) is 0 Å². The molecule has 0 amide bonds. The monoisotopic (exact) mass is 556 g/mol. The third-order valence-corrected chi connectivity index (χ3v) is 13.7. The van der Waals surface area contributed by atoms with Crippen molar-refractivity contribution in [3.05, 3.63) is 11.6 Å². The molecule has 5 rings (SSSR count). The van der Waals surface area contributed by atoms with Crippen LogP contribution < -0.4 is 0 Å². The molecule has 4 saturated carbocycles. The molecule has 0 bridgehead atoms. The van der Waals surface area contributed by atoms with Crippen molar-refractivity contribution in [1.82, 2.24) is 0 Å². The summed E-state index contributed by atoms with van der Waals surface area (Å²) in [5.74, 6) is -2.53.